The monoisotopic (exact) mass is 356 g/mol. The Morgan fingerprint density at radius 2 is 2.20 bits per heavy atom. The maximum absolute atomic E-state index is 11.3. The van der Waals surface area contributed by atoms with Gasteiger partial charge in [-0.15, -0.1) is 11.3 Å². The van der Waals surface area contributed by atoms with Crippen LogP contribution in [-0.2, 0) is 24.1 Å². The fraction of sp³-hybridized carbons (Fsp3) is 0.476. The van der Waals surface area contributed by atoms with Crippen LogP contribution in [-0.4, -0.2) is 18.0 Å². The molecule has 1 heterocycles. The van der Waals surface area contributed by atoms with Crippen LogP contribution in [0.15, 0.2) is 35.7 Å². The summed E-state index contributed by atoms with van der Waals surface area (Å²) in [7, 11) is 0. The van der Waals surface area contributed by atoms with Crippen LogP contribution in [0.5, 0.6) is 0 Å². The molecule has 0 spiro atoms. The highest BCUT2D eigenvalue weighted by atomic mass is 32.1. The second kappa shape index (κ2) is 8.63. The number of carbonyl (C=O) groups is 1. The summed E-state index contributed by atoms with van der Waals surface area (Å²) in [6.45, 7) is 3.83. The molecule has 2 atom stereocenters. The number of benzene rings is 1. The number of nitrogens with one attached hydrogen (secondary N) is 2. The summed E-state index contributed by atoms with van der Waals surface area (Å²) in [6.07, 6.45) is 6.90. The molecule has 0 bridgehead atoms. The summed E-state index contributed by atoms with van der Waals surface area (Å²) in [4.78, 5) is 12.8. The fourth-order valence-electron chi connectivity index (χ4n) is 3.69. The number of rotatable bonds is 7. The second-order valence-electron chi connectivity index (χ2n) is 6.99. The molecule has 2 N–H and O–H groups in total. The van der Waals surface area contributed by atoms with E-state index in [2.05, 4.69) is 47.2 Å². The molecule has 0 saturated heterocycles. The predicted octanol–water partition coefficient (Wildman–Crippen LogP) is 4.56. The Balaban J connectivity index is 1.57. The van der Waals surface area contributed by atoms with E-state index in [0.717, 1.165) is 18.5 Å². The van der Waals surface area contributed by atoms with Crippen molar-refractivity contribution >= 4 is 22.9 Å². The molecule has 4 heteroatoms. The number of amides is 1. The van der Waals surface area contributed by atoms with Crippen LogP contribution < -0.4 is 10.6 Å². The fourth-order valence-corrected chi connectivity index (χ4v) is 4.42. The molecule has 0 radical (unpaired) electrons. The van der Waals surface area contributed by atoms with Crippen LogP contribution in [0.25, 0.3) is 0 Å². The molecule has 1 amide bonds. The van der Waals surface area contributed by atoms with Gasteiger partial charge in [-0.3, -0.25) is 4.79 Å². The van der Waals surface area contributed by atoms with Crippen LogP contribution in [0.4, 0.5) is 5.69 Å². The first-order valence-corrected chi connectivity index (χ1v) is 10.2. The highest BCUT2D eigenvalue weighted by Gasteiger charge is 2.21. The maximum atomic E-state index is 11.3. The van der Waals surface area contributed by atoms with E-state index in [-0.39, 0.29) is 5.91 Å². The molecule has 3 rings (SSSR count). The van der Waals surface area contributed by atoms with E-state index in [9.17, 15) is 4.79 Å². The van der Waals surface area contributed by atoms with Gasteiger partial charge in [0.25, 0.3) is 0 Å². The van der Waals surface area contributed by atoms with Gasteiger partial charge < -0.3 is 10.6 Å². The van der Waals surface area contributed by atoms with Gasteiger partial charge >= 0.3 is 0 Å². The van der Waals surface area contributed by atoms with E-state index >= 15 is 0 Å². The predicted molar refractivity (Wildman–Crippen MR) is 106 cm³/mol. The third-order valence-corrected chi connectivity index (χ3v) is 5.97. The van der Waals surface area contributed by atoms with E-state index < -0.39 is 0 Å². The van der Waals surface area contributed by atoms with Gasteiger partial charge in [0.1, 0.15) is 0 Å². The third-order valence-electron chi connectivity index (χ3n) is 5.04. The molecular formula is C21H28N2OS. The van der Waals surface area contributed by atoms with Gasteiger partial charge in [-0.1, -0.05) is 19.1 Å². The Morgan fingerprint density at radius 1 is 1.32 bits per heavy atom. The lowest BCUT2D eigenvalue weighted by molar-refractivity contribution is -0.114. The summed E-state index contributed by atoms with van der Waals surface area (Å²) < 4.78 is 0. The van der Waals surface area contributed by atoms with Crippen molar-refractivity contribution in [3.05, 3.63) is 51.7 Å². The minimum Gasteiger partial charge on any atom is -0.326 e. The Bertz CT molecular complexity index is 696. The van der Waals surface area contributed by atoms with Crippen LogP contribution in [0.3, 0.4) is 0 Å². The van der Waals surface area contributed by atoms with Crippen molar-refractivity contribution in [1.82, 2.24) is 5.32 Å². The number of aryl methyl sites for hydroxylation is 2. The molecule has 0 aliphatic heterocycles. The summed E-state index contributed by atoms with van der Waals surface area (Å²) in [6, 6.07) is 11.8. The molecule has 1 aliphatic rings. The normalized spacial score (nSPS) is 17.8. The number of hydrogen-bond acceptors (Lipinski definition) is 3. The van der Waals surface area contributed by atoms with Gasteiger partial charge in [-0.25, -0.2) is 0 Å². The number of anilines is 1. The maximum Gasteiger partial charge on any atom is 0.221 e. The molecule has 1 aliphatic carbocycles. The smallest absolute Gasteiger partial charge is 0.221 e. The summed E-state index contributed by atoms with van der Waals surface area (Å²) in [5, 5.41) is 8.95. The van der Waals surface area contributed by atoms with E-state index in [1.165, 1.54) is 41.7 Å². The van der Waals surface area contributed by atoms with Crippen molar-refractivity contribution in [3.8, 4) is 0 Å². The van der Waals surface area contributed by atoms with Crippen molar-refractivity contribution in [2.24, 2.45) is 0 Å². The zero-order valence-corrected chi connectivity index (χ0v) is 16.0. The first kappa shape index (κ1) is 18.2. The SMILES string of the molecule is CCC(CCc1cccs1)NC1CCc2ccc(NC(C)=O)cc2C1. The van der Waals surface area contributed by atoms with Crippen LogP contribution in [0.1, 0.15) is 49.1 Å². The third kappa shape index (κ3) is 5.16. The van der Waals surface area contributed by atoms with Crippen LogP contribution in [0, 0.1) is 0 Å². The largest absolute Gasteiger partial charge is 0.326 e. The summed E-state index contributed by atoms with van der Waals surface area (Å²) in [5.74, 6) is -0.00921. The molecule has 134 valence electrons. The molecule has 0 fully saturated rings. The number of fused-ring (bicyclic) bond motifs is 1. The van der Waals surface area contributed by atoms with E-state index in [1.54, 1.807) is 6.92 Å². The zero-order valence-electron chi connectivity index (χ0n) is 15.2. The Kier molecular flexibility index (Phi) is 6.27. The first-order chi connectivity index (χ1) is 12.1. The standard InChI is InChI=1S/C21H28N2OS/c1-3-18(10-11-21-5-4-12-25-21)23-20-9-7-16-6-8-19(22-15(2)24)13-17(16)14-20/h4-6,8,12-13,18,20,23H,3,7,9-11,14H2,1-2H3,(H,22,24). The van der Waals surface area contributed by atoms with Crippen molar-refractivity contribution in [3.63, 3.8) is 0 Å². The first-order valence-electron chi connectivity index (χ1n) is 9.32. The van der Waals surface area contributed by atoms with Gasteiger partial charge in [0.15, 0.2) is 0 Å². The van der Waals surface area contributed by atoms with E-state index in [0.29, 0.717) is 12.1 Å². The highest BCUT2D eigenvalue weighted by molar-refractivity contribution is 7.09. The van der Waals surface area contributed by atoms with Gasteiger partial charge in [-0.2, -0.15) is 0 Å². The van der Waals surface area contributed by atoms with Gasteiger partial charge in [0, 0.05) is 29.6 Å². The molecule has 1 aromatic carbocycles. The number of hydrogen-bond donors (Lipinski definition) is 2. The topological polar surface area (TPSA) is 41.1 Å². The second-order valence-corrected chi connectivity index (χ2v) is 8.03. The van der Waals surface area contributed by atoms with Crippen molar-refractivity contribution in [2.45, 2.75) is 64.5 Å². The summed E-state index contributed by atoms with van der Waals surface area (Å²) in [5.41, 5.74) is 3.72. The molecule has 2 unspecified atom stereocenters. The molecule has 1 aromatic heterocycles. The number of carbonyl (C=O) groups excluding carboxylic acids is 1. The number of thiophene rings is 1. The molecule has 25 heavy (non-hydrogen) atoms. The zero-order chi connectivity index (χ0) is 17.6. The van der Waals surface area contributed by atoms with Crippen LogP contribution in [0.2, 0.25) is 0 Å². The minimum absolute atomic E-state index is 0.00921. The van der Waals surface area contributed by atoms with Crippen molar-refractivity contribution in [1.29, 1.82) is 0 Å². The van der Waals surface area contributed by atoms with Gasteiger partial charge in [0.05, 0.1) is 0 Å². The average molecular weight is 357 g/mol. The molecule has 0 saturated carbocycles. The lowest BCUT2D eigenvalue weighted by Gasteiger charge is -2.30. The Labute approximate surface area is 154 Å². The van der Waals surface area contributed by atoms with E-state index in [1.807, 2.05) is 17.4 Å². The molecule has 2 aromatic rings. The minimum atomic E-state index is -0.00921. The van der Waals surface area contributed by atoms with E-state index in [4.69, 9.17) is 0 Å². The van der Waals surface area contributed by atoms with Crippen LogP contribution >= 0.6 is 11.3 Å². The molecular weight excluding hydrogens is 328 g/mol. The van der Waals surface area contributed by atoms with Gasteiger partial charge in [-0.05, 0) is 73.2 Å². The van der Waals surface area contributed by atoms with Crippen molar-refractivity contribution in [2.75, 3.05) is 5.32 Å². The highest BCUT2D eigenvalue weighted by Crippen LogP contribution is 2.25. The Hall–Kier alpha value is -1.65. The molecule has 3 nitrogen and oxygen atoms in total. The quantitative estimate of drug-likeness (QED) is 0.763. The van der Waals surface area contributed by atoms with Crippen molar-refractivity contribution < 1.29 is 4.79 Å². The Morgan fingerprint density at radius 3 is 2.92 bits per heavy atom. The summed E-state index contributed by atoms with van der Waals surface area (Å²) >= 11 is 1.86. The lowest BCUT2D eigenvalue weighted by atomic mass is 9.87. The lowest BCUT2D eigenvalue weighted by Crippen LogP contribution is -2.41. The van der Waals surface area contributed by atoms with Gasteiger partial charge in [0.2, 0.25) is 5.91 Å². The average Bonchev–Trinajstić information content (AvgIpc) is 3.11.